The van der Waals surface area contributed by atoms with E-state index in [1.54, 1.807) is 42.5 Å². The summed E-state index contributed by atoms with van der Waals surface area (Å²) in [5.74, 6) is 6.18. The number of rotatable bonds is 9. The van der Waals surface area contributed by atoms with Gasteiger partial charge in [0.25, 0.3) is 0 Å². The topological polar surface area (TPSA) is 57.6 Å². The fourth-order valence-corrected chi connectivity index (χ4v) is 6.00. The van der Waals surface area contributed by atoms with Crippen molar-refractivity contribution in [2.75, 3.05) is 6.54 Å². The second kappa shape index (κ2) is 12.1. The molecule has 0 aliphatic rings. The Morgan fingerprint density at radius 1 is 0.868 bits per heavy atom. The summed E-state index contributed by atoms with van der Waals surface area (Å²) in [6, 6.07) is 33.7. The lowest BCUT2D eigenvalue weighted by Gasteiger charge is -2.39. The first-order valence-electron chi connectivity index (χ1n) is 12.4. The van der Waals surface area contributed by atoms with Gasteiger partial charge in [-0.15, -0.1) is 6.58 Å². The zero-order valence-corrected chi connectivity index (χ0v) is 22.2. The van der Waals surface area contributed by atoms with E-state index in [1.807, 2.05) is 85.8 Å². The molecule has 0 bridgehead atoms. The Kier molecular flexibility index (Phi) is 8.60. The molecular formula is C33H31NO3S. The van der Waals surface area contributed by atoms with Gasteiger partial charge >= 0.3 is 0 Å². The van der Waals surface area contributed by atoms with Crippen molar-refractivity contribution in [1.29, 1.82) is 0 Å². The molecule has 0 aliphatic carbocycles. The Morgan fingerprint density at radius 2 is 1.42 bits per heavy atom. The van der Waals surface area contributed by atoms with E-state index in [0.29, 0.717) is 5.56 Å². The molecule has 38 heavy (non-hydrogen) atoms. The maximum absolute atomic E-state index is 14.1. The van der Waals surface area contributed by atoms with Gasteiger partial charge in [0, 0.05) is 12.1 Å². The molecule has 4 rings (SSSR count). The van der Waals surface area contributed by atoms with E-state index >= 15 is 0 Å². The molecule has 0 saturated carbocycles. The number of aryl methyl sites for hydroxylation is 1. The fraction of sp³-hybridized carbons (Fsp3) is 0.152. The van der Waals surface area contributed by atoms with Crippen molar-refractivity contribution < 1.29 is 13.5 Å². The summed E-state index contributed by atoms with van der Waals surface area (Å²) in [6.07, 6.45) is 1.77. The molecule has 1 N–H and O–H groups in total. The number of sulfonamides is 1. The molecule has 4 nitrogen and oxygen atoms in total. The lowest BCUT2D eigenvalue weighted by molar-refractivity contribution is 0.0265. The lowest BCUT2D eigenvalue weighted by atomic mass is 9.83. The quantitative estimate of drug-likeness (QED) is 0.226. The maximum Gasteiger partial charge on any atom is 0.243 e. The smallest absolute Gasteiger partial charge is 0.243 e. The highest BCUT2D eigenvalue weighted by Gasteiger charge is 2.45. The van der Waals surface area contributed by atoms with Crippen LogP contribution >= 0.6 is 0 Å². The molecule has 0 fully saturated rings. The van der Waals surface area contributed by atoms with Crippen molar-refractivity contribution in [3.05, 3.63) is 150 Å². The number of aliphatic hydroxyl groups is 1. The first-order valence-corrected chi connectivity index (χ1v) is 13.9. The van der Waals surface area contributed by atoms with E-state index < -0.39 is 21.7 Å². The molecule has 4 aromatic rings. The predicted octanol–water partition coefficient (Wildman–Crippen LogP) is 5.72. The monoisotopic (exact) mass is 521 g/mol. The molecule has 0 amide bonds. The number of benzene rings is 4. The molecule has 0 saturated heterocycles. The van der Waals surface area contributed by atoms with Crippen molar-refractivity contribution in [1.82, 2.24) is 4.31 Å². The Morgan fingerprint density at radius 3 is 2.00 bits per heavy atom. The molecule has 192 valence electrons. The van der Waals surface area contributed by atoms with Gasteiger partial charge in [-0.2, -0.15) is 4.31 Å². The third-order valence-electron chi connectivity index (χ3n) is 6.42. The van der Waals surface area contributed by atoms with E-state index in [4.69, 9.17) is 0 Å². The van der Waals surface area contributed by atoms with E-state index in [-0.39, 0.29) is 17.9 Å². The van der Waals surface area contributed by atoms with E-state index in [2.05, 4.69) is 18.4 Å². The summed E-state index contributed by atoms with van der Waals surface area (Å²) in [5, 5.41) is 12.5. The first-order chi connectivity index (χ1) is 18.3. The van der Waals surface area contributed by atoms with Gasteiger partial charge in [-0.05, 0) is 48.7 Å². The Labute approximate surface area is 226 Å². The summed E-state index contributed by atoms with van der Waals surface area (Å²) < 4.78 is 29.6. The number of hydrogen-bond donors (Lipinski definition) is 1. The normalized spacial score (nSPS) is 13.7. The van der Waals surface area contributed by atoms with Crippen LogP contribution in [0, 0.1) is 18.8 Å². The van der Waals surface area contributed by atoms with E-state index in [1.165, 1.54) is 4.31 Å². The van der Waals surface area contributed by atoms with E-state index in [0.717, 1.165) is 16.7 Å². The highest BCUT2D eigenvalue weighted by atomic mass is 32.2. The molecule has 0 spiro atoms. The van der Waals surface area contributed by atoms with Crippen LogP contribution in [0.5, 0.6) is 0 Å². The molecule has 0 radical (unpaired) electrons. The van der Waals surface area contributed by atoms with Gasteiger partial charge in [0.2, 0.25) is 10.0 Å². The van der Waals surface area contributed by atoms with Gasteiger partial charge in [0.15, 0.2) is 5.60 Å². The van der Waals surface area contributed by atoms with E-state index in [9.17, 15) is 13.5 Å². The second-order valence-corrected chi connectivity index (χ2v) is 11.0. The summed E-state index contributed by atoms with van der Waals surface area (Å²) in [5.41, 5.74) is 1.22. The average Bonchev–Trinajstić information content (AvgIpc) is 2.95. The standard InChI is InChI=1S/C33H31NO3S/c1-3-25-34(38(36,37)31-21-19-27(2)20-22-31)32(26-29-15-9-5-10-16-29)33(35,30-17-11-6-12-18-30)24-23-28-13-7-4-8-14-28/h3-22,32,35H,1,25-26H2,2H3/t32-,33-/m0/s1. The van der Waals surface area contributed by atoms with Crippen LogP contribution < -0.4 is 0 Å². The summed E-state index contributed by atoms with van der Waals surface area (Å²) in [6.45, 7) is 5.74. The maximum atomic E-state index is 14.1. The predicted molar refractivity (Wildman–Crippen MR) is 153 cm³/mol. The van der Waals surface area contributed by atoms with Gasteiger partial charge in [-0.25, -0.2) is 8.42 Å². The molecule has 0 aromatic heterocycles. The zero-order valence-electron chi connectivity index (χ0n) is 21.4. The fourth-order valence-electron chi connectivity index (χ4n) is 4.39. The Bertz CT molecular complexity index is 1510. The van der Waals surface area contributed by atoms with Crippen molar-refractivity contribution in [3.8, 4) is 11.8 Å². The first kappa shape index (κ1) is 27.1. The van der Waals surface area contributed by atoms with Crippen molar-refractivity contribution in [3.63, 3.8) is 0 Å². The average molecular weight is 522 g/mol. The van der Waals surface area contributed by atoms with Crippen LogP contribution in [0.4, 0.5) is 0 Å². The van der Waals surface area contributed by atoms with Gasteiger partial charge in [0.1, 0.15) is 0 Å². The molecule has 2 atom stereocenters. The van der Waals surface area contributed by atoms with Crippen LogP contribution in [-0.4, -0.2) is 30.4 Å². The van der Waals surface area contributed by atoms with Crippen molar-refractivity contribution >= 4 is 10.0 Å². The summed E-state index contributed by atoms with van der Waals surface area (Å²) in [7, 11) is -4.04. The van der Waals surface area contributed by atoms with Gasteiger partial charge in [0.05, 0.1) is 10.9 Å². The second-order valence-electron chi connectivity index (χ2n) is 9.13. The van der Waals surface area contributed by atoms with Crippen molar-refractivity contribution in [2.24, 2.45) is 0 Å². The minimum Gasteiger partial charge on any atom is -0.372 e. The van der Waals surface area contributed by atoms with Crippen LogP contribution in [0.25, 0.3) is 0 Å². The summed E-state index contributed by atoms with van der Waals surface area (Å²) in [4.78, 5) is 0.148. The number of nitrogens with zero attached hydrogens (tertiary/aromatic N) is 1. The molecule has 4 aromatic carbocycles. The van der Waals surface area contributed by atoms with Crippen LogP contribution in [0.15, 0.2) is 133 Å². The minimum absolute atomic E-state index is 0.00410. The van der Waals surface area contributed by atoms with Crippen LogP contribution in [0.2, 0.25) is 0 Å². The highest BCUT2D eigenvalue weighted by molar-refractivity contribution is 7.89. The Balaban J connectivity index is 1.95. The number of hydrogen-bond acceptors (Lipinski definition) is 3. The van der Waals surface area contributed by atoms with Gasteiger partial charge < -0.3 is 5.11 Å². The zero-order chi connectivity index (χ0) is 27.0. The minimum atomic E-state index is -4.04. The molecule has 0 unspecified atom stereocenters. The lowest BCUT2D eigenvalue weighted by Crippen LogP contribution is -2.53. The van der Waals surface area contributed by atoms with Gasteiger partial charge in [-0.3, -0.25) is 0 Å². The van der Waals surface area contributed by atoms with Crippen LogP contribution in [0.3, 0.4) is 0 Å². The SMILES string of the molecule is C=CCN([C@@H](Cc1ccccc1)[C@](O)(C#Cc1ccccc1)c1ccccc1)S(=O)(=O)c1ccc(C)cc1. The van der Waals surface area contributed by atoms with Crippen LogP contribution in [-0.2, 0) is 22.0 Å². The molecule has 0 aliphatic heterocycles. The Hall–Kier alpha value is -3.95. The summed E-state index contributed by atoms with van der Waals surface area (Å²) >= 11 is 0. The van der Waals surface area contributed by atoms with Crippen molar-refractivity contribution in [2.45, 2.75) is 29.9 Å². The third-order valence-corrected chi connectivity index (χ3v) is 8.31. The van der Waals surface area contributed by atoms with Gasteiger partial charge in [-0.1, -0.05) is 114 Å². The molecule has 0 heterocycles. The molecule has 5 heteroatoms. The third kappa shape index (κ3) is 6.12. The van der Waals surface area contributed by atoms with Crippen LogP contribution in [0.1, 0.15) is 22.3 Å². The highest BCUT2D eigenvalue weighted by Crippen LogP contribution is 2.34. The largest absolute Gasteiger partial charge is 0.372 e. The molecular weight excluding hydrogens is 490 g/mol.